The van der Waals surface area contributed by atoms with Crippen molar-refractivity contribution in [1.29, 1.82) is 0 Å². The second kappa shape index (κ2) is 6.89. The highest BCUT2D eigenvalue weighted by atomic mass is 35.5. The lowest BCUT2D eigenvalue weighted by atomic mass is 9.81. The van der Waals surface area contributed by atoms with Gasteiger partial charge in [-0.25, -0.2) is 4.39 Å². The van der Waals surface area contributed by atoms with Crippen LogP contribution in [0.15, 0.2) is 18.2 Å². The molecule has 1 N–H and O–H groups in total. The number of halogens is 2. The van der Waals surface area contributed by atoms with Crippen LogP contribution >= 0.6 is 11.6 Å². The summed E-state index contributed by atoms with van der Waals surface area (Å²) in [5, 5.41) is 2.51. The number of nitrogens with zero attached hydrogens (tertiary/aromatic N) is 1. The summed E-state index contributed by atoms with van der Waals surface area (Å²) in [6, 6.07) is 3.88. The van der Waals surface area contributed by atoms with Crippen LogP contribution in [0.2, 0.25) is 5.02 Å². The second-order valence-corrected chi connectivity index (χ2v) is 6.66. The predicted octanol–water partition coefficient (Wildman–Crippen LogP) is 2.98. The maximum atomic E-state index is 13.1. The summed E-state index contributed by atoms with van der Waals surface area (Å²) in [4.78, 5) is 37.9. The predicted molar refractivity (Wildman–Crippen MR) is 86.8 cm³/mol. The number of hydrogen-bond acceptors (Lipinski definition) is 3. The quantitative estimate of drug-likeness (QED) is 0.847. The number of fused-ring (bicyclic) bond motifs is 1. The molecular formula is C17H18ClFN2O3. The monoisotopic (exact) mass is 352 g/mol. The van der Waals surface area contributed by atoms with Crippen molar-refractivity contribution in [3.8, 4) is 0 Å². The van der Waals surface area contributed by atoms with Gasteiger partial charge in [-0.3, -0.25) is 19.3 Å². The van der Waals surface area contributed by atoms with E-state index in [0.717, 1.165) is 31.7 Å². The minimum atomic E-state index is -0.564. The molecule has 3 amide bonds. The Morgan fingerprint density at radius 2 is 1.83 bits per heavy atom. The molecule has 1 aliphatic carbocycles. The molecule has 2 aliphatic rings. The minimum Gasteiger partial charge on any atom is -0.326 e. The van der Waals surface area contributed by atoms with Gasteiger partial charge in [0.1, 0.15) is 5.82 Å². The maximum Gasteiger partial charge on any atom is 0.233 e. The number of imide groups is 1. The molecule has 2 unspecified atom stereocenters. The molecule has 1 saturated carbocycles. The first-order valence-corrected chi connectivity index (χ1v) is 8.45. The van der Waals surface area contributed by atoms with Crippen LogP contribution < -0.4 is 5.32 Å². The molecule has 1 aromatic carbocycles. The van der Waals surface area contributed by atoms with Gasteiger partial charge in [0, 0.05) is 18.7 Å². The van der Waals surface area contributed by atoms with Gasteiger partial charge in [0.2, 0.25) is 17.7 Å². The molecule has 0 spiro atoms. The van der Waals surface area contributed by atoms with Gasteiger partial charge in [-0.2, -0.15) is 0 Å². The fourth-order valence-electron chi connectivity index (χ4n) is 3.46. The highest BCUT2D eigenvalue weighted by molar-refractivity contribution is 6.31. The van der Waals surface area contributed by atoms with E-state index in [4.69, 9.17) is 11.6 Å². The minimum absolute atomic E-state index is 0.00587. The molecule has 1 heterocycles. The van der Waals surface area contributed by atoms with E-state index >= 15 is 0 Å². The van der Waals surface area contributed by atoms with Crippen LogP contribution in [-0.4, -0.2) is 29.2 Å². The van der Waals surface area contributed by atoms with Crippen LogP contribution in [0.5, 0.6) is 0 Å². The lowest BCUT2D eigenvalue weighted by Gasteiger charge is -2.19. The van der Waals surface area contributed by atoms with Crippen molar-refractivity contribution < 1.29 is 18.8 Å². The molecule has 0 aromatic heterocycles. The summed E-state index contributed by atoms with van der Waals surface area (Å²) < 4.78 is 13.1. The molecule has 5 nitrogen and oxygen atoms in total. The molecule has 1 aromatic rings. The zero-order valence-corrected chi connectivity index (χ0v) is 13.8. The number of likely N-dealkylation sites (tertiary alicyclic amines) is 1. The third kappa shape index (κ3) is 3.29. The number of carbonyl (C=O) groups is 3. The molecule has 2 fully saturated rings. The molecule has 3 rings (SSSR count). The van der Waals surface area contributed by atoms with Crippen molar-refractivity contribution >= 4 is 35.0 Å². The average Bonchev–Trinajstić information content (AvgIpc) is 2.81. The number of benzene rings is 1. The summed E-state index contributed by atoms with van der Waals surface area (Å²) in [5.74, 6) is -1.63. The van der Waals surface area contributed by atoms with Crippen molar-refractivity contribution in [2.45, 2.75) is 32.1 Å². The van der Waals surface area contributed by atoms with Gasteiger partial charge in [0.05, 0.1) is 16.9 Å². The number of nitrogens with one attached hydrogen (secondary N) is 1. The van der Waals surface area contributed by atoms with Crippen LogP contribution in [-0.2, 0) is 14.4 Å². The van der Waals surface area contributed by atoms with Crippen LogP contribution in [0.25, 0.3) is 0 Å². The standard InChI is InChI=1S/C17H18ClFN2O3/c18-13-9-10(5-6-14(13)19)20-15(22)7-8-21-16(23)11-3-1-2-4-12(11)17(21)24/h5-6,9,11-12H,1-4,7-8H2,(H,20,22). The number of amides is 3. The fraction of sp³-hybridized carbons (Fsp3) is 0.471. The summed E-state index contributed by atoms with van der Waals surface area (Å²) in [6.07, 6.45) is 3.46. The summed E-state index contributed by atoms with van der Waals surface area (Å²) in [7, 11) is 0. The Morgan fingerprint density at radius 3 is 2.42 bits per heavy atom. The Bertz CT molecular complexity index is 670. The molecule has 0 bridgehead atoms. The Labute approximate surface area is 144 Å². The van der Waals surface area contributed by atoms with E-state index in [-0.39, 0.29) is 47.5 Å². The first-order valence-electron chi connectivity index (χ1n) is 8.07. The van der Waals surface area contributed by atoms with Gasteiger partial charge in [0.25, 0.3) is 0 Å². The molecule has 0 radical (unpaired) electrons. The van der Waals surface area contributed by atoms with E-state index in [1.54, 1.807) is 0 Å². The van der Waals surface area contributed by atoms with E-state index in [1.807, 2.05) is 0 Å². The van der Waals surface area contributed by atoms with Crippen molar-refractivity contribution in [2.75, 3.05) is 11.9 Å². The van der Waals surface area contributed by atoms with Crippen molar-refractivity contribution in [3.05, 3.63) is 29.0 Å². The van der Waals surface area contributed by atoms with Crippen LogP contribution in [0.3, 0.4) is 0 Å². The molecule has 1 aliphatic heterocycles. The lowest BCUT2D eigenvalue weighted by Crippen LogP contribution is -2.34. The Balaban J connectivity index is 1.57. The van der Waals surface area contributed by atoms with Gasteiger partial charge in [-0.1, -0.05) is 24.4 Å². The summed E-state index contributed by atoms with van der Waals surface area (Å²) >= 11 is 5.66. The highest BCUT2D eigenvalue weighted by Gasteiger charge is 2.47. The Kier molecular flexibility index (Phi) is 4.85. The zero-order valence-electron chi connectivity index (χ0n) is 13.1. The molecule has 2 atom stereocenters. The SMILES string of the molecule is O=C(CCN1C(=O)C2CCCCC2C1=O)Nc1ccc(F)c(Cl)c1. The third-order valence-corrected chi connectivity index (χ3v) is 4.99. The largest absolute Gasteiger partial charge is 0.326 e. The van der Waals surface area contributed by atoms with Crippen LogP contribution in [0.4, 0.5) is 10.1 Å². The molecule has 24 heavy (non-hydrogen) atoms. The van der Waals surface area contributed by atoms with Crippen LogP contribution in [0, 0.1) is 17.7 Å². The first kappa shape index (κ1) is 16.9. The normalized spacial score (nSPS) is 23.3. The van der Waals surface area contributed by atoms with E-state index < -0.39 is 5.82 Å². The van der Waals surface area contributed by atoms with Crippen molar-refractivity contribution in [1.82, 2.24) is 4.90 Å². The zero-order chi connectivity index (χ0) is 17.3. The number of hydrogen-bond donors (Lipinski definition) is 1. The second-order valence-electron chi connectivity index (χ2n) is 6.25. The lowest BCUT2D eigenvalue weighted by molar-refractivity contribution is -0.140. The maximum absolute atomic E-state index is 13.1. The van der Waals surface area contributed by atoms with Gasteiger partial charge in [0.15, 0.2) is 0 Å². The summed E-state index contributed by atoms with van der Waals surface area (Å²) in [6.45, 7) is 0.0748. The third-order valence-electron chi connectivity index (χ3n) is 4.70. The van der Waals surface area contributed by atoms with Gasteiger partial charge in [-0.15, -0.1) is 0 Å². The molecular weight excluding hydrogens is 335 g/mol. The number of anilines is 1. The smallest absolute Gasteiger partial charge is 0.233 e. The average molecular weight is 353 g/mol. The van der Waals surface area contributed by atoms with Crippen molar-refractivity contribution in [3.63, 3.8) is 0 Å². The van der Waals surface area contributed by atoms with Gasteiger partial charge in [-0.05, 0) is 31.0 Å². The summed E-state index contributed by atoms with van der Waals surface area (Å²) in [5.41, 5.74) is 0.374. The Morgan fingerprint density at radius 1 is 1.21 bits per heavy atom. The van der Waals surface area contributed by atoms with E-state index in [2.05, 4.69) is 5.32 Å². The van der Waals surface area contributed by atoms with Gasteiger partial charge < -0.3 is 5.32 Å². The number of rotatable bonds is 4. The van der Waals surface area contributed by atoms with Gasteiger partial charge >= 0.3 is 0 Å². The van der Waals surface area contributed by atoms with E-state index in [9.17, 15) is 18.8 Å². The van der Waals surface area contributed by atoms with E-state index in [0.29, 0.717) is 5.69 Å². The molecule has 7 heteroatoms. The Hall–Kier alpha value is -1.95. The van der Waals surface area contributed by atoms with Crippen molar-refractivity contribution in [2.24, 2.45) is 11.8 Å². The molecule has 128 valence electrons. The highest BCUT2D eigenvalue weighted by Crippen LogP contribution is 2.37. The van der Waals surface area contributed by atoms with E-state index in [1.165, 1.54) is 17.0 Å². The molecule has 1 saturated heterocycles. The topological polar surface area (TPSA) is 66.5 Å². The fourth-order valence-corrected chi connectivity index (χ4v) is 3.64. The van der Waals surface area contributed by atoms with Crippen LogP contribution in [0.1, 0.15) is 32.1 Å². The first-order chi connectivity index (χ1) is 11.5. The number of carbonyl (C=O) groups excluding carboxylic acids is 3.